The third kappa shape index (κ3) is 2.72. The van der Waals surface area contributed by atoms with E-state index >= 15 is 0 Å². The second-order valence-electron chi connectivity index (χ2n) is 2.27. The average molecular weight is 443 g/mol. The van der Waals surface area contributed by atoms with Gasteiger partial charge >= 0.3 is 0 Å². The van der Waals surface area contributed by atoms with E-state index in [-0.39, 0.29) is 14.8 Å². The average Bonchev–Trinajstić information content (AvgIpc) is 2.01. The van der Waals surface area contributed by atoms with Crippen LogP contribution in [0, 0.1) is 7.40 Å². The molecule has 0 aromatic carbocycles. The van der Waals surface area contributed by atoms with E-state index in [9.17, 15) is 13.6 Å². The summed E-state index contributed by atoms with van der Waals surface area (Å²) in [6, 6.07) is 1.16. The van der Waals surface area contributed by atoms with Crippen LogP contribution in [0.25, 0.3) is 0 Å². The van der Waals surface area contributed by atoms with Crippen molar-refractivity contribution in [1.29, 1.82) is 0 Å². The number of nitrogens with zero attached hydrogens (tertiary/aromatic N) is 1. The maximum atomic E-state index is 12.5. The Morgan fingerprint density at radius 1 is 1.50 bits per heavy atom. The van der Waals surface area contributed by atoms with Crippen molar-refractivity contribution in [3.8, 4) is 0 Å². The Bertz CT molecular complexity index is 386. The predicted octanol–water partition coefficient (Wildman–Crippen LogP) is 3.61. The summed E-state index contributed by atoms with van der Waals surface area (Å²) in [5, 5.41) is -0.909. The summed E-state index contributed by atoms with van der Waals surface area (Å²) in [6.07, 6.45) is -2.72. The van der Waals surface area contributed by atoms with Crippen LogP contribution >= 0.6 is 56.8 Å². The van der Waals surface area contributed by atoms with E-state index in [0.29, 0.717) is 3.70 Å². The zero-order valence-electron chi connectivity index (χ0n) is 6.40. The molecule has 1 aromatic rings. The van der Waals surface area contributed by atoms with E-state index < -0.39 is 11.7 Å². The molecule has 0 spiro atoms. The van der Waals surface area contributed by atoms with Gasteiger partial charge in [0.05, 0.1) is 5.56 Å². The minimum absolute atomic E-state index is 0.199. The van der Waals surface area contributed by atoms with Gasteiger partial charge in [-0.05, 0) is 62.8 Å². The second-order valence-corrected chi connectivity index (χ2v) is 4.74. The molecule has 0 unspecified atom stereocenters. The van der Waals surface area contributed by atoms with Gasteiger partial charge in [0.1, 0.15) is 7.40 Å². The highest BCUT2D eigenvalue weighted by molar-refractivity contribution is 14.1. The molecule has 0 saturated heterocycles. The predicted molar refractivity (Wildman–Crippen MR) is 64.8 cm³/mol. The number of halogens is 5. The Labute approximate surface area is 111 Å². The SMILES string of the molecule is O=C(Cl)c1c(C(F)F)cc(I)nc1I. The lowest BCUT2D eigenvalue weighted by atomic mass is 10.1. The molecule has 2 nitrogen and oxygen atoms in total. The molecular weight excluding hydrogens is 441 g/mol. The summed E-state index contributed by atoms with van der Waals surface area (Å²) >= 11 is 8.70. The zero-order valence-corrected chi connectivity index (χ0v) is 11.5. The van der Waals surface area contributed by atoms with E-state index in [4.69, 9.17) is 11.6 Å². The molecule has 0 N–H and O–H groups in total. The fraction of sp³-hybridized carbons (Fsp3) is 0.143. The number of aromatic nitrogens is 1. The summed E-state index contributed by atoms with van der Waals surface area (Å²) in [7, 11) is 0. The van der Waals surface area contributed by atoms with E-state index in [1.807, 2.05) is 0 Å². The fourth-order valence-electron chi connectivity index (χ4n) is 0.868. The van der Waals surface area contributed by atoms with Gasteiger partial charge in [-0.1, -0.05) is 0 Å². The number of hydrogen-bond acceptors (Lipinski definition) is 2. The first-order valence-electron chi connectivity index (χ1n) is 3.27. The number of alkyl halides is 2. The van der Waals surface area contributed by atoms with Gasteiger partial charge in [0.2, 0.25) is 0 Å². The molecule has 1 aromatic heterocycles. The smallest absolute Gasteiger partial charge is 0.264 e. The molecule has 0 amide bonds. The Morgan fingerprint density at radius 2 is 2.07 bits per heavy atom. The van der Waals surface area contributed by atoms with E-state index in [1.54, 1.807) is 45.2 Å². The minimum atomic E-state index is -2.72. The van der Waals surface area contributed by atoms with Crippen LogP contribution < -0.4 is 0 Å². The summed E-state index contributed by atoms with van der Waals surface area (Å²) < 4.78 is 25.6. The molecule has 1 rings (SSSR count). The second kappa shape index (κ2) is 4.97. The van der Waals surface area contributed by atoms with Gasteiger partial charge in [-0.25, -0.2) is 13.8 Å². The Morgan fingerprint density at radius 3 is 2.50 bits per heavy atom. The van der Waals surface area contributed by atoms with Crippen molar-refractivity contribution in [3.63, 3.8) is 0 Å². The van der Waals surface area contributed by atoms with Crippen molar-refractivity contribution in [2.24, 2.45) is 0 Å². The van der Waals surface area contributed by atoms with Gasteiger partial charge in [-0.15, -0.1) is 0 Å². The van der Waals surface area contributed by atoms with Crippen molar-refractivity contribution in [1.82, 2.24) is 4.98 Å². The largest absolute Gasteiger partial charge is 0.275 e. The molecule has 0 bridgehead atoms. The van der Waals surface area contributed by atoms with Crippen LogP contribution in [0.5, 0.6) is 0 Å². The summed E-state index contributed by atoms with van der Waals surface area (Å²) in [5.74, 6) is 0. The van der Waals surface area contributed by atoms with Gasteiger partial charge in [-0.3, -0.25) is 4.79 Å². The van der Waals surface area contributed by atoms with Crippen molar-refractivity contribution in [2.75, 3.05) is 0 Å². The molecule has 0 saturated carbocycles. The van der Waals surface area contributed by atoms with Crippen molar-refractivity contribution >= 4 is 62.0 Å². The molecule has 0 aliphatic heterocycles. The van der Waals surface area contributed by atoms with Gasteiger partial charge in [0.25, 0.3) is 11.7 Å². The van der Waals surface area contributed by atoms with Crippen LogP contribution in [0.4, 0.5) is 8.78 Å². The minimum Gasteiger partial charge on any atom is -0.275 e. The van der Waals surface area contributed by atoms with Crippen molar-refractivity contribution in [2.45, 2.75) is 6.43 Å². The first-order chi connectivity index (χ1) is 6.43. The number of pyridine rings is 1. The highest BCUT2D eigenvalue weighted by atomic mass is 127. The molecule has 0 atom stereocenters. The van der Waals surface area contributed by atoms with Crippen LogP contribution in [0.1, 0.15) is 22.3 Å². The van der Waals surface area contributed by atoms with Crippen LogP contribution in [-0.2, 0) is 0 Å². The fourth-order valence-corrected chi connectivity index (χ4v) is 3.08. The molecule has 0 fully saturated rings. The lowest BCUT2D eigenvalue weighted by Crippen LogP contribution is -2.05. The van der Waals surface area contributed by atoms with Crippen molar-refractivity contribution in [3.05, 3.63) is 24.6 Å². The van der Waals surface area contributed by atoms with Gasteiger partial charge in [0.15, 0.2) is 0 Å². The number of hydrogen-bond donors (Lipinski definition) is 0. The van der Waals surface area contributed by atoms with Crippen molar-refractivity contribution < 1.29 is 13.6 Å². The van der Waals surface area contributed by atoms with Crippen LogP contribution in [0.3, 0.4) is 0 Å². The molecule has 0 aliphatic rings. The monoisotopic (exact) mass is 443 g/mol. The lowest BCUT2D eigenvalue weighted by molar-refractivity contribution is 0.106. The van der Waals surface area contributed by atoms with E-state index in [1.165, 1.54) is 0 Å². The Hall–Kier alpha value is 0.430. The highest BCUT2D eigenvalue weighted by Gasteiger charge is 2.21. The van der Waals surface area contributed by atoms with E-state index in [2.05, 4.69) is 4.98 Å². The van der Waals surface area contributed by atoms with Crippen LogP contribution in [-0.4, -0.2) is 10.2 Å². The molecule has 0 aliphatic carbocycles. The number of carbonyl (C=O) groups is 1. The third-order valence-corrected chi connectivity index (χ3v) is 2.93. The van der Waals surface area contributed by atoms with Crippen LogP contribution in [0.15, 0.2) is 6.07 Å². The quantitative estimate of drug-likeness (QED) is 0.397. The summed E-state index contributed by atoms with van der Waals surface area (Å²) in [5.41, 5.74) is -0.573. The Balaban J connectivity index is 3.44. The summed E-state index contributed by atoms with van der Waals surface area (Å²) in [6.45, 7) is 0. The number of rotatable bonds is 2. The first-order valence-corrected chi connectivity index (χ1v) is 5.81. The molecule has 7 heteroatoms. The van der Waals surface area contributed by atoms with Gasteiger partial charge < -0.3 is 0 Å². The standard InChI is InChI=1S/C7H2ClF2I2NO/c8-5(14)4-2(6(9)10)1-3(11)13-7(4)12/h1,6H. The summed E-state index contributed by atoms with van der Waals surface area (Å²) in [4.78, 5) is 14.8. The third-order valence-electron chi connectivity index (χ3n) is 1.41. The topological polar surface area (TPSA) is 30.0 Å². The van der Waals surface area contributed by atoms with Crippen LogP contribution in [0.2, 0.25) is 0 Å². The number of carbonyl (C=O) groups excluding carboxylic acids is 1. The molecular formula is C7H2ClF2I2NO. The zero-order chi connectivity index (χ0) is 10.9. The molecule has 1 heterocycles. The van der Waals surface area contributed by atoms with Gasteiger partial charge in [0, 0.05) is 5.56 Å². The maximum Gasteiger partial charge on any atom is 0.264 e. The molecule has 76 valence electrons. The Kier molecular flexibility index (Phi) is 4.44. The first kappa shape index (κ1) is 12.5. The maximum absolute atomic E-state index is 12.5. The van der Waals surface area contributed by atoms with E-state index in [0.717, 1.165) is 6.07 Å². The highest BCUT2D eigenvalue weighted by Crippen LogP contribution is 2.28. The van der Waals surface area contributed by atoms with Gasteiger partial charge in [-0.2, -0.15) is 0 Å². The lowest BCUT2D eigenvalue weighted by Gasteiger charge is -2.07. The molecule has 0 radical (unpaired) electrons. The molecule has 14 heavy (non-hydrogen) atoms. The normalized spacial score (nSPS) is 10.7.